The highest BCUT2D eigenvalue weighted by Gasteiger charge is 2.15. The Labute approximate surface area is 148 Å². The van der Waals surface area contributed by atoms with Crippen LogP contribution in [0.4, 0.5) is 5.69 Å². The number of unbranched alkanes of at least 4 members (excludes halogenated alkanes) is 1. The van der Waals surface area contributed by atoms with Crippen LogP contribution in [0.2, 0.25) is 0 Å². The van der Waals surface area contributed by atoms with E-state index < -0.39 is 6.10 Å². The van der Waals surface area contributed by atoms with E-state index in [1.165, 1.54) is 0 Å². The van der Waals surface area contributed by atoms with E-state index in [1.807, 2.05) is 25.1 Å². The van der Waals surface area contributed by atoms with E-state index in [4.69, 9.17) is 9.47 Å². The lowest BCUT2D eigenvalue weighted by Gasteiger charge is -2.14. The Morgan fingerprint density at radius 2 is 1.72 bits per heavy atom. The van der Waals surface area contributed by atoms with E-state index in [9.17, 15) is 9.59 Å². The van der Waals surface area contributed by atoms with Gasteiger partial charge >= 0.3 is 5.97 Å². The average Bonchev–Trinajstić information content (AvgIpc) is 2.63. The number of hydrogen-bond acceptors (Lipinski definition) is 4. The molecule has 0 fully saturated rings. The summed E-state index contributed by atoms with van der Waals surface area (Å²) in [5.41, 5.74) is 1.06. The van der Waals surface area contributed by atoms with Gasteiger partial charge in [0.2, 0.25) is 0 Å². The van der Waals surface area contributed by atoms with Gasteiger partial charge in [-0.3, -0.25) is 4.79 Å². The topological polar surface area (TPSA) is 64.6 Å². The number of carbonyl (C=O) groups is 2. The van der Waals surface area contributed by atoms with Crippen molar-refractivity contribution in [3.8, 4) is 5.75 Å². The first kappa shape index (κ1) is 18.5. The van der Waals surface area contributed by atoms with Gasteiger partial charge in [0.1, 0.15) is 5.75 Å². The largest absolute Gasteiger partial charge is 0.481 e. The van der Waals surface area contributed by atoms with Gasteiger partial charge < -0.3 is 14.8 Å². The molecule has 5 nitrogen and oxygen atoms in total. The van der Waals surface area contributed by atoms with Crippen LogP contribution in [0, 0.1) is 0 Å². The molecule has 0 bridgehead atoms. The summed E-state index contributed by atoms with van der Waals surface area (Å²) in [5, 5.41) is 2.76. The highest BCUT2D eigenvalue weighted by molar-refractivity contribution is 5.95. The van der Waals surface area contributed by atoms with Crippen LogP contribution in [-0.2, 0) is 9.53 Å². The Morgan fingerprint density at radius 1 is 1.04 bits per heavy atom. The third-order valence-electron chi connectivity index (χ3n) is 3.54. The number of nitrogens with one attached hydrogen (secondary N) is 1. The van der Waals surface area contributed by atoms with Crippen molar-refractivity contribution in [1.29, 1.82) is 0 Å². The minimum atomic E-state index is -0.638. The lowest BCUT2D eigenvalue weighted by atomic mass is 10.2. The highest BCUT2D eigenvalue weighted by atomic mass is 16.5. The molecule has 0 unspecified atom stereocenters. The molecule has 0 aliphatic carbocycles. The molecule has 1 N–H and O–H groups in total. The van der Waals surface area contributed by atoms with Crippen LogP contribution >= 0.6 is 0 Å². The molecule has 1 atom stereocenters. The lowest BCUT2D eigenvalue weighted by molar-refractivity contribution is -0.122. The third kappa shape index (κ3) is 5.95. The van der Waals surface area contributed by atoms with Crippen LogP contribution in [0.1, 0.15) is 37.0 Å². The second-order valence-corrected chi connectivity index (χ2v) is 5.63. The lowest BCUT2D eigenvalue weighted by Crippen LogP contribution is -2.30. The minimum Gasteiger partial charge on any atom is -0.481 e. The molecule has 132 valence electrons. The number of amides is 1. The maximum atomic E-state index is 12.2. The first-order valence-corrected chi connectivity index (χ1v) is 8.40. The predicted octanol–water partition coefficient (Wildman–Crippen LogP) is 4.05. The molecule has 25 heavy (non-hydrogen) atoms. The van der Waals surface area contributed by atoms with E-state index in [0.717, 1.165) is 12.8 Å². The van der Waals surface area contributed by atoms with Gasteiger partial charge in [0, 0.05) is 5.69 Å². The normalized spacial score (nSPS) is 11.4. The second kappa shape index (κ2) is 9.47. The van der Waals surface area contributed by atoms with Crippen LogP contribution in [0.3, 0.4) is 0 Å². The molecule has 5 heteroatoms. The van der Waals surface area contributed by atoms with Gasteiger partial charge in [-0.15, -0.1) is 0 Å². The Kier molecular flexibility index (Phi) is 7.01. The van der Waals surface area contributed by atoms with E-state index in [2.05, 4.69) is 5.32 Å². The molecular formula is C20H23NO4. The number of rotatable bonds is 8. The highest BCUT2D eigenvalue weighted by Crippen LogP contribution is 2.14. The first-order valence-electron chi connectivity index (χ1n) is 8.40. The van der Waals surface area contributed by atoms with Gasteiger partial charge in [-0.2, -0.15) is 0 Å². The molecule has 0 saturated heterocycles. The smallest absolute Gasteiger partial charge is 0.338 e. The maximum absolute atomic E-state index is 12.2. The van der Waals surface area contributed by atoms with Crippen molar-refractivity contribution in [1.82, 2.24) is 0 Å². The maximum Gasteiger partial charge on any atom is 0.338 e. The summed E-state index contributed by atoms with van der Waals surface area (Å²) in [6.07, 6.45) is 1.18. The van der Waals surface area contributed by atoms with Gasteiger partial charge in [0.25, 0.3) is 5.91 Å². The predicted molar refractivity (Wildman–Crippen MR) is 96.8 cm³/mol. The van der Waals surface area contributed by atoms with Crippen molar-refractivity contribution >= 4 is 17.6 Å². The quantitative estimate of drug-likeness (QED) is 0.581. The summed E-state index contributed by atoms with van der Waals surface area (Å²) in [5.74, 6) is 0.0181. The third-order valence-corrected chi connectivity index (χ3v) is 3.54. The standard InChI is InChI=1S/C20H23NO4/c1-3-4-14-24-20(23)16-10-12-17(13-11-16)21-19(22)15(2)25-18-8-6-5-7-9-18/h5-13,15H,3-4,14H2,1-2H3,(H,21,22)/t15-/m1/s1. The number of esters is 1. The Morgan fingerprint density at radius 3 is 2.36 bits per heavy atom. The molecule has 0 radical (unpaired) electrons. The molecular weight excluding hydrogens is 318 g/mol. The van der Waals surface area contributed by atoms with Crippen LogP contribution in [0.15, 0.2) is 54.6 Å². The van der Waals surface area contributed by atoms with E-state index in [1.54, 1.807) is 43.3 Å². The van der Waals surface area contributed by atoms with Gasteiger partial charge in [0.05, 0.1) is 12.2 Å². The van der Waals surface area contributed by atoms with Gasteiger partial charge in [-0.25, -0.2) is 4.79 Å². The summed E-state index contributed by atoms with van der Waals surface area (Å²) < 4.78 is 10.7. The van der Waals surface area contributed by atoms with Crippen molar-refractivity contribution in [2.24, 2.45) is 0 Å². The average molecular weight is 341 g/mol. The molecule has 0 saturated carbocycles. The first-order chi connectivity index (χ1) is 12.1. The fourth-order valence-electron chi connectivity index (χ4n) is 2.08. The summed E-state index contributed by atoms with van der Waals surface area (Å²) >= 11 is 0. The monoisotopic (exact) mass is 341 g/mol. The number of ether oxygens (including phenoxy) is 2. The zero-order valence-electron chi connectivity index (χ0n) is 14.5. The van der Waals surface area contributed by atoms with Crippen molar-refractivity contribution in [2.45, 2.75) is 32.8 Å². The Bertz CT molecular complexity index is 683. The molecule has 2 rings (SSSR count). The van der Waals surface area contributed by atoms with Crippen LogP contribution in [0.5, 0.6) is 5.75 Å². The Hall–Kier alpha value is -2.82. The second-order valence-electron chi connectivity index (χ2n) is 5.63. The van der Waals surface area contributed by atoms with E-state index in [-0.39, 0.29) is 11.9 Å². The van der Waals surface area contributed by atoms with Crippen molar-refractivity contribution in [2.75, 3.05) is 11.9 Å². The zero-order valence-corrected chi connectivity index (χ0v) is 14.5. The van der Waals surface area contributed by atoms with Gasteiger partial charge in [-0.05, 0) is 49.7 Å². The number of hydrogen-bond donors (Lipinski definition) is 1. The number of benzene rings is 2. The summed E-state index contributed by atoms with van der Waals surface area (Å²) in [4.78, 5) is 24.0. The number of anilines is 1. The molecule has 2 aromatic rings. The molecule has 0 heterocycles. The number of carbonyl (C=O) groups excluding carboxylic acids is 2. The Balaban J connectivity index is 1.87. The zero-order chi connectivity index (χ0) is 18.1. The molecule has 0 aromatic heterocycles. The summed E-state index contributed by atoms with van der Waals surface area (Å²) in [6, 6.07) is 15.8. The van der Waals surface area contributed by atoms with Crippen molar-refractivity contribution < 1.29 is 19.1 Å². The molecule has 0 aliphatic rings. The van der Waals surface area contributed by atoms with E-state index in [0.29, 0.717) is 23.6 Å². The fraction of sp³-hybridized carbons (Fsp3) is 0.300. The summed E-state index contributed by atoms with van der Waals surface area (Å²) in [7, 11) is 0. The number of para-hydroxylation sites is 1. The van der Waals surface area contributed by atoms with Crippen molar-refractivity contribution in [3.63, 3.8) is 0 Å². The molecule has 0 aliphatic heterocycles. The SMILES string of the molecule is CCCCOC(=O)c1ccc(NC(=O)[C@@H](C)Oc2ccccc2)cc1. The molecule has 2 aromatic carbocycles. The molecule has 1 amide bonds. The van der Waals surface area contributed by atoms with Gasteiger partial charge in [0.15, 0.2) is 6.10 Å². The van der Waals surface area contributed by atoms with Gasteiger partial charge in [-0.1, -0.05) is 31.5 Å². The van der Waals surface area contributed by atoms with Crippen LogP contribution in [0.25, 0.3) is 0 Å². The molecule has 0 spiro atoms. The van der Waals surface area contributed by atoms with Crippen LogP contribution in [-0.4, -0.2) is 24.6 Å². The van der Waals surface area contributed by atoms with Crippen LogP contribution < -0.4 is 10.1 Å². The van der Waals surface area contributed by atoms with E-state index >= 15 is 0 Å². The minimum absolute atomic E-state index is 0.262. The summed E-state index contributed by atoms with van der Waals surface area (Å²) in [6.45, 7) is 4.14. The van der Waals surface area contributed by atoms with Crippen molar-refractivity contribution in [3.05, 3.63) is 60.2 Å². The fourth-order valence-corrected chi connectivity index (χ4v) is 2.08.